The van der Waals surface area contributed by atoms with E-state index in [2.05, 4.69) is 4.98 Å². The van der Waals surface area contributed by atoms with Crippen molar-refractivity contribution in [3.05, 3.63) is 47.8 Å². The molecule has 5 nitrogen and oxygen atoms in total. The van der Waals surface area contributed by atoms with Crippen LogP contribution in [0.4, 0.5) is 5.69 Å². The van der Waals surface area contributed by atoms with Gasteiger partial charge < -0.3 is 15.2 Å². The second-order valence-electron chi connectivity index (χ2n) is 4.54. The van der Waals surface area contributed by atoms with Crippen LogP contribution in [0.3, 0.4) is 0 Å². The van der Waals surface area contributed by atoms with Crippen LogP contribution in [0.2, 0.25) is 0 Å². The lowest BCUT2D eigenvalue weighted by Crippen LogP contribution is -2.07. The zero-order chi connectivity index (χ0) is 15.2. The van der Waals surface area contributed by atoms with Gasteiger partial charge in [0.05, 0.1) is 19.9 Å². The lowest BCUT2D eigenvalue weighted by molar-refractivity contribution is 0.103. The minimum absolute atomic E-state index is 0.190. The molecule has 5 heteroatoms. The molecule has 0 saturated heterocycles. The summed E-state index contributed by atoms with van der Waals surface area (Å²) in [6.07, 6.45) is 3.98. The van der Waals surface area contributed by atoms with Crippen LogP contribution >= 0.6 is 0 Å². The molecule has 1 heterocycles. The number of hydrogen-bond acceptors (Lipinski definition) is 5. The molecule has 0 unspecified atom stereocenters. The van der Waals surface area contributed by atoms with E-state index >= 15 is 0 Å². The Hall–Kier alpha value is -2.56. The molecule has 2 rings (SSSR count). The molecule has 0 amide bonds. The monoisotopic (exact) mass is 286 g/mol. The van der Waals surface area contributed by atoms with E-state index in [4.69, 9.17) is 15.2 Å². The molecule has 110 valence electrons. The minimum Gasteiger partial charge on any atom is -0.497 e. The maximum Gasteiger partial charge on any atom is 0.196 e. The summed E-state index contributed by atoms with van der Waals surface area (Å²) < 4.78 is 10.6. The Morgan fingerprint density at radius 2 is 2.05 bits per heavy atom. The number of nitrogens with two attached hydrogens (primary N) is 1. The molecule has 2 N–H and O–H groups in total. The van der Waals surface area contributed by atoms with Crippen LogP contribution < -0.4 is 15.2 Å². The molecule has 1 aromatic heterocycles. The van der Waals surface area contributed by atoms with Crippen LogP contribution in [0.25, 0.3) is 0 Å². The Labute approximate surface area is 123 Å². The van der Waals surface area contributed by atoms with Gasteiger partial charge in [0, 0.05) is 29.1 Å². The first-order valence-corrected chi connectivity index (χ1v) is 6.71. The first-order chi connectivity index (χ1) is 10.2. The predicted molar refractivity (Wildman–Crippen MR) is 80.9 cm³/mol. The third-order valence-corrected chi connectivity index (χ3v) is 2.95. The highest BCUT2D eigenvalue weighted by atomic mass is 16.5. The normalized spacial score (nSPS) is 10.2. The van der Waals surface area contributed by atoms with Crippen LogP contribution in [0.15, 0.2) is 36.7 Å². The molecule has 0 aliphatic carbocycles. The van der Waals surface area contributed by atoms with Crippen molar-refractivity contribution in [3.63, 3.8) is 0 Å². The second-order valence-corrected chi connectivity index (χ2v) is 4.54. The predicted octanol–water partition coefficient (Wildman–Crippen LogP) is 2.69. The van der Waals surface area contributed by atoms with Gasteiger partial charge in [0.25, 0.3) is 0 Å². The first-order valence-electron chi connectivity index (χ1n) is 6.71. The van der Waals surface area contributed by atoms with E-state index in [1.54, 1.807) is 37.6 Å². The van der Waals surface area contributed by atoms with Gasteiger partial charge >= 0.3 is 0 Å². The fourth-order valence-electron chi connectivity index (χ4n) is 1.87. The highest BCUT2D eigenvalue weighted by molar-refractivity contribution is 6.12. The largest absolute Gasteiger partial charge is 0.497 e. The number of nitrogens with zero attached hydrogens (tertiary/aromatic N) is 1. The lowest BCUT2D eigenvalue weighted by atomic mass is 10.0. The van der Waals surface area contributed by atoms with E-state index in [0.29, 0.717) is 34.9 Å². The van der Waals surface area contributed by atoms with E-state index in [9.17, 15) is 4.79 Å². The fourth-order valence-corrected chi connectivity index (χ4v) is 1.87. The van der Waals surface area contributed by atoms with E-state index in [0.717, 1.165) is 6.42 Å². The quantitative estimate of drug-likeness (QED) is 0.652. The van der Waals surface area contributed by atoms with E-state index in [1.165, 1.54) is 6.20 Å². The number of nitrogen functional groups attached to an aromatic ring is 1. The van der Waals surface area contributed by atoms with Crippen molar-refractivity contribution in [1.82, 2.24) is 4.98 Å². The molecule has 0 aliphatic rings. The van der Waals surface area contributed by atoms with Gasteiger partial charge in [0.1, 0.15) is 11.5 Å². The number of carbonyl (C=O) groups is 1. The highest BCUT2D eigenvalue weighted by Crippen LogP contribution is 2.23. The van der Waals surface area contributed by atoms with Crippen LogP contribution in [-0.2, 0) is 0 Å². The van der Waals surface area contributed by atoms with Gasteiger partial charge in [0.2, 0.25) is 0 Å². The molecule has 0 fully saturated rings. The summed E-state index contributed by atoms with van der Waals surface area (Å²) >= 11 is 0. The number of carbonyl (C=O) groups excluding carboxylic acids is 1. The van der Waals surface area contributed by atoms with Gasteiger partial charge in [-0.15, -0.1) is 0 Å². The Bertz CT molecular complexity index is 641. The van der Waals surface area contributed by atoms with Gasteiger partial charge in [-0.05, 0) is 24.6 Å². The Balaban J connectivity index is 2.27. The lowest BCUT2D eigenvalue weighted by Gasteiger charge is -2.08. The molecule has 0 radical (unpaired) electrons. The highest BCUT2D eigenvalue weighted by Gasteiger charge is 2.14. The molecule has 0 aliphatic heterocycles. The van der Waals surface area contributed by atoms with Crippen molar-refractivity contribution in [2.24, 2.45) is 0 Å². The van der Waals surface area contributed by atoms with E-state index in [-0.39, 0.29) is 5.78 Å². The SMILES string of the molecule is CCCOc1cncc(C(=O)c2ccc(OC)cc2N)c1. The summed E-state index contributed by atoms with van der Waals surface area (Å²) in [4.78, 5) is 16.5. The third-order valence-electron chi connectivity index (χ3n) is 2.95. The molecule has 21 heavy (non-hydrogen) atoms. The number of benzene rings is 1. The average molecular weight is 286 g/mol. The van der Waals surface area contributed by atoms with Crippen molar-refractivity contribution >= 4 is 11.5 Å². The number of hydrogen-bond donors (Lipinski definition) is 1. The Kier molecular flexibility index (Phi) is 4.77. The van der Waals surface area contributed by atoms with Crippen molar-refractivity contribution < 1.29 is 14.3 Å². The van der Waals surface area contributed by atoms with E-state index < -0.39 is 0 Å². The van der Waals surface area contributed by atoms with Crippen LogP contribution in [0, 0.1) is 0 Å². The maximum atomic E-state index is 12.5. The second kappa shape index (κ2) is 6.74. The van der Waals surface area contributed by atoms with Crippen molar-refractivity contribution in [1.29, 1.82) is 0 Å². The molecule has 0 spiro atoms. The third kappa shape index (κ3) is 3.51. The number of ether oxygens (including phenoxy) is 2. The number of anilines is 1. The molecule has 1 aromatic carbocycles. The average Bonchev–Trinajstić information content (AvgIpc) is 2.52. The number of aromatic nitrogens is 1. The van der Waals surface area contributed by atoms with Gasteiger partial charge in [-0.3, -0.25) is 9.78 Å². The first kappa shape index (κ1) is 14.8. The number of methoxy groups -OCH3 is 1. The number of rotatable bonds is 6. The zero-order valence-electron chi connectivity index (χ0n) is 12.1. The summed E-state index contributed by atoms with van der Waals surface area (Å²) in [5.74, 6) is 1.00. The van der Waals surface area contributed by atoms with Crippen LogP contribution in [-0.4, -0.2) is 24.5 Å². The molecular weight excluding hydrogens is 268 g/mol. The van der Waals surface area contributed by atoms with Gasteiger partial charge in [0.15, 0.2) is 5.78 Å². The fraction of sp³-hybridized carbons (Fsp3) is 0.250. The molecular formula is C16H18N2O3. The van der Waals surface area contributed by atoms with Gasteiger partial charge in [-0.25, -0.2) is 0 Å². The molecule has 0 bridgehead atoms. The Morgan fingerprint density at radius 1 is 1.24 bits per heavy atom. The van der Waals surface area contributed by atoms with Crippen molar-refractivity contribution in [2.45, 2.75) is 13.3 Å². The van der Waals surface area contributed by atoms with Crippen molar-refractivity contribution in [2.75, 3.05) is 19.5 Å². The van der Waals surface area contributed by atoms with Crippen LogP contribution in [0.1, 0.15) is 29.3 Å². The minimum atomic E-state index is -0.190. The molecule has 2 aromatic rings. The summed E-state index contributed by atoms with van der Waals surface area (Å²) in [5.41, 5.74) is 7.14. The van der Waals surface area contributed by atoms with Gasteiger partial charge in [-0.2, -0.15) is 0 Å². The van der Waals surface area contributed by atoms with Crippen molar-refractivity contribution in [3.8, 4) is 11.5 Å². The number of pyridine rings is 1. The van der Waals surface area contributed by atoms with Crippen LogP contribution in [0.5, 0.6) is 11.5 Å². The standard InChI is InChI=1S/C16H18N2O3/c1-3-6-21-13-7-11(9-18-10-13)16(19)14-5-4-12(20-2)8-15(14)17/h4-5,7-10H,3,6,17H2,1-2H3. The Morgan fingerprint density at radius 3 is 2.71 bits per heavy atom. The smallest absolute Gasteiger partial charge is 0.196 e. The summed E-state index contributed by atoms with van der Waals surface area (Å²) in [5, 5.41) is 0. The molecule has 0 saturated carbocycles. The zero-order valence-corrected chi connectivity index (χ0v) is 12.1. The van der Waals surface area contributed by atoms with Gasteiger partial charge in [-0.1, -0.05) is 6.92 Å². The summed E-state index contributed by atoms with van der Waals surface area (Å²) in [6.45, 7) is 2.60. The summed E-state index contributed by atoms with van der Waals surface area (Å²) in [6, 6.07) is 6.65. The summed E-state index contributed by atoms with van der Waals surface area (Å²) in [7, 11) is 1.55. The maximum absolute atomic E-state index is 12.5. The number of ketones is 1. The molecule has 0 atom stereocenters. The van der Waals surface area contributed by atoms with E-state index in [1.807, 2.05) is 6.92 Å². The topological polar surface area (TPSA) is 74.4 Å².